The normalized spacial score (nSPS) is 13.3. The average molecular weight is 210 g/mol. The van der Waals surface area contributed by atoms with Crippen LogP contribution >= 0.6 is 0 Å². The molecule has 0 saturated heterocycles. The molecule has 0 aromatic heterocycles. The second-order valence-electron chi connectivity index (χ2n) is 3.58. The Bertz CT molecular complexity index is 342. The van der Waals surface area contributed by atoms with E-state index in [1.54, 1.807) is 0 Å². The predicted molar refractivity (Wildman–Crippen MR) is 58.8 cm³/mol. The van der Waals surface area contributed by atoms with Crippen LogP contribution < -0.4 is 0 Å². The van der Waals surface area contributed by atoms with E-state index < -0.39 is 0 Å². The molecule has 0 saturated carbocycles. The fourth-order valence-corrected chi connectivity index (χ4v) is 1.64. The minimum atomic E-state index is -0.370. The van der Waals surface area contributed by atoms with Crippen LogP contribution in [0.4, 0.5) is 8.78 Å². The highest BCUT2D eigenvalue weighted by Gasteiger charge is 2.13. The Kier molecular flexibility index (Phi) is 4.47. The summed E-state index contributed by atoms with van der Waals surface area (Å²) in [6, 6.07) is 3.65. The molecule has 2 heteroatoms. The highest BCUT2D eigenvalue weighted by molar-refractivity contribution is 5.23. The van der Waals surface area contributed by atoms with E-state index in [-0.39, 0.29) is 17.6 Å². The fourth-order valence-electron chi connectivity index (χ4n) is 1.64. The third kappa shape index (κ3) is 3.15. The second kappa shape index (κ2) is 5.64. The molecule has 1 rings (SSSR count). The molecule has 82 valence electrons. The summed E-state index contributed by atoms with van der Waals surface area (Å²) in [5.41, 5.74) is 0.482. The van der Waals surface area contributed by atoms with E-state index in [1.165, 1.54) is 12.1 Å². The molecule has 0 nitrogen and oxygen atoms in total. The summed E-state index contributed by atoms with van der Waals surface area (Å²) in [6.07, 6.45) is 5.48. The summed E-state index contributed by atoms with van der Waals surface area (Å²) in [5.74, 6) is -0.616. The van der Waals surface area contributed by atoms with Gasteiger partial charge in [0.2, 0.25) is 0 Å². The molecule has 1 atom stereocenters. The number of hydrogen-bond acceptors (Lipinski definition) is 0. The number of benzene rings is 1. The summed E-state index contributed by atoms with van der Waals surface area (Å²) >= 11 is 0. The van der Waals surface area contributed by atoms with E-state index in [2.05, 4.69) is 0 Å². The van der Waals surface area contributed by atoms with Crippen LogP contribution in [-0.2, 0) is 0 Å². The molecule has 1 aromatic carbocycles. The zero-order valence-electron chi connectivity index (χ0n) is 9.13. The SMILES string of the molecule is C/C=C\CC(CC)c1cc(F)ccc1F. The standard InChI is InChI=1S/C13H16F2/c1-3-5-6-10(4-2)12-9-11(14)7-8-13(12)15/h3,5,7-10H,4,6H2,1-2H3/b5-3-. The third-order valence-electron chi connectivity index (χ3n) is 2.55. The Morgan fingerprint density at radius 2 is 2.07 bits per heavy atom. The molecule has 1 aromatic rings. The van der Waals surface area contributed by atoms with Gasteiger partial charge in [0.15, 0.2) is 0 Å². The highest BCUT2D eigenvalue weighted by Crippen LogP contribution is 2.26. The molecule has 0 radical (unpaired) electrons. The van der Waals surface area contributed by atoms with E-state index in [0.29, 0.717) is 5.56 Å². The lowest BCUT2D eigenvalue weighted by Gasteiger charge is -2.14. The number of halogens is 2. The zero-order chi connectivity index (χ0) is 11.3. The van der Waals surface area contributed by atoms with E-state index >= 15 is 0 Å². The Hall–Kier alpha value is -1.18. The van der Waals surface area contributed by atoms with Crippen molar-refractivity contribution in [3.8, 4) is 0 Å². The largest absolute Gasteiger partial charge is 0.207 e. The van der Waals surface area contributed by atoms with Gasteiger partial charge in [0.1, 0.15) is 11.6 Å². The molecule has 15 heavy (non-hydrogen) atoms. The van der Waals surface area contributed by atoms with Crippen molar-refractivity contribution in [2.24, 2.45) is 0 Å². The van der Waals surface area contributed by atoms with Gasteiger partial charge in [-0.1, -0.05) is 19.1 Å². The van der Waals surface area contributed by atoms with E-state index in [1.807, 2.05) is 26.0 Å². The maximum atomic E-state index is 13.4. The smallest absolute Gasteiger partial charge is 0.126 e. The van der Waals surface area contributed by atoms with Crippen molar-refractivity contribution in [2.75, 3.05) is 0 Å². The van der Waals surface area contributed by atoms with Crippen molar-refractivity contribution >= 4 is 0 Å². The average Bonchev–Trinajstić information content (AvgIpc) is 2.24. The molecule has 0 spiro atoms. The van der Waals surface area contributed by atoms with Crippen molar-refractivity contribution in [2.45, 2.75) is 32.6 Å². The van der Waals surface area contributed by atoms with Crippen LogP contribution in [0.15, 0.2) is 30.4 Å². The van der Waals surface area contributed by atoms with E-state index in [4.69, 9.17) is 0 Å². The molecule has 0 heterocycles. The lowest BCUT2D eigenvalue weighted by Crippen LogP contribution is -2.00. The van der Waals surface area contributed by atoms with E-state index in [0.717, 1.165) is 18.9 Å². The molecule has 0 aliphatic rings. The highest BCUT2D eigenvalue weighted by atomic mass is 19.1. The van der Waals surface area contributed by atoms with Gasteiger partial charge in [-0.25, -0.2) is 8.78 Å². The number of hydrogen-bond donors (Lipinski definition) is 0. The maximum absolute atomic E-state index is 13.4. The molecule has 0 aliphatic heterocycles. The summed E-state index contributed by atoms with van der Waals surface area (Å²) in [7, 11) is 0. The van der Waals surface area contributed by atoms with Gasteiger partial charge in [0.25, 0.3) is 0 Å². The third-order valence-corrected chi connectivity index (χ3v) is 2.55. The van der Waals surface area contributed by atoms with Crippen molar-refractivity contribution < 1.29 is 8.78 Å². The van der Waals surface area contributed by atoms with Crippen molar-refractivity contribution in [3.63, 3.8) is 0 Å². The minimum Gasteiger partial charge on any atom is -0.207 e. The van der Waals surface area contributed by atoms with Gasteiger partial charge >= 0.3 is 0 Å². The van der Waals surface area contributed by atoms with Gasteiger partial charge in [0, 0.05) is 0 Å². The first-order chi connectivity index (χ1) is 7.19. The van der Waals surface area contributed by atoms with Gasteiger partial charge in [-0.2, -0.15) is 0 Å². The Morgan fingerprint density at radius 1 is 1.33 bits per heavy atom. The number of allylic oxidation sites excluding steroid dienone is 2. The first-order valence-corrected chi connectivity index (χ1v) is 5.25. The fraction of sp³-hybridized carbons (Fsp3) is 0.385. The van der Waals surface area contributed by atoms with Crippen molar-refractivity contribution in [1.29, 1.82) is 0 Å². The van der Waals surface area contributed by atoms with Crippen LogP contribution in [0.2, 0.25) is 0 Å². The maximum Gasteiger partial charge on any atom is 0.126 e. The molecule has 0 N–H and O–H groups in total. The zero-order valence-corrected chi connectivity index (χ0v) is 9.13. The van der Waals surface area contributed by atoms with Gasteiger partial charge in [-0.3, -0.25) is 0 Å². The van der Waals surface area contributed by atoms with Crippen molar-refractivity contribution in [3.05, 3.63) is 47.5 Å². The Balaban J connectivity index is 2.94. The first kappa shape index (κ1) is 11.9. The minimum absolute atomic E-state index is 0.0666. The van der Waals surface area contributed by atoms with E-state index in [9.17, 15) is 8.78 Å². The molecule has 1 unspecified atom stereocenters. The lowest BCUT2D eigenvalue weighted by molar-refractivity contribution is 0.552. The molecule has 0 aliphatic carbocycles. The van der Waals surface area contributed by atoms with Crippen LogP contribution in [0.3, 0.4) is 0 Å². The van der Waals surface area contributed by atoms with Crippen LogP contribution in [0.5, 0.6) is 0 Å². The molecule has 0 bridgehead atoms. The molecule has 0 amide bonds. The van der Waals surface area contributed by atoms with Gasteiger partial charge in [-0.05, 0) is 49.4 Å². The van der Waals surface area contributed by atoms with Crippen LogP contribution in [-0.4, -0.2) is 0 Å². The number of rotatable bonds is 4. The van der Waals surface area contributed by atoms with Crippen LogP contribution in [0.1, 0.15) is 38.2 Å². The summed E-state index contributed by atoms with van der Waals surface area (Å²) < 4.78 is 26.4. The lowest BCUT2D eigenvalue weighted by atomic mass is 9.92. The molecule has 0 fully saturated rings. The predicted octanol–water partition coefficient (Wildman–Crippen LogP) is 4.42. The van der Waals surface area contributed by atoms with Crippen LogP contribution in [0, 0.1) is 11.6 Å². The second-order valence-corrected chi connectivity index (χ2v) is 3.58. The summed E-state index contributed by atoms with van der Waals surface area (Å²) in [4.78, 5) is 0. The van der Waals surface area contributed by atoms with Gasteiger partial charge in [0.05, 0.1) is 0 Å². The Morgan fingerprint density at radius 3 is 2.67 bits per heavy atom. The quantitative estimate of drug-likeness (QED) is 0.645. The first-order valence-electron chi connectivity index (χ1n) is 5.25. The van der Waals surface area contributed by atoms with Crippen LogP contribution in [0.25, 0.3) is 0 Å². The van der Waals surface area contributed by atoms with Gasteiger partial charge in [-0.15, -0.1) is 0 Å². The molecular formula is C13H16F2. The summed E-state index contributed by atoms with van der Waals surface area (Å²) in [5, 5.41) is 0. The topological polar surface area (TPSA) is 0 Å². The van der Waals surface area contributed by atoms with Crippen molar-refractivity contribution in [1.82, 2.24) is 0 Å². The molecular weight excluding hydrogens is 194 g/mol. The van der Waals surface area contributed by atoms with Gasteiger partial charge < -0.3 is 0 Å². The Labute approximate surface area is 89.6 Å². The summed E-state index contributed by atoms with van der Waals surface area (Å²) in [6.45, 7) is 3.91. The monoisotopic (exact) mass is 210 g/mol.